The molecule has 0 fully saturated rings. The first-order valence-corrected chi connectivity index (χ1v) is 1.93. The molecule has 1 rings (SSSR count). The minimum Gasteiger partial charge on any atom is -0.206 e. The van der Waals surface area contributed by atoms with Gasteiger partial charge in [0.05, 0.1) is 0 Å². The third-order valence-corrected chi connectivity index (χ3v) is 0.613. The van der Waals surface area contributed by atoms with E-state index in [4.69, 9.17) is 0 Å². The van der Waals surface area contributed by atoms with Gasteiger partial charge in [-0.3, -0.25) is 0 Å². The van der Waals surface area contributed by atoms with Crippen LogP contribution in [0.5, 0.6) is 0 Å². The van der Waals surface area contributed by atoms with E-state index in [0.29, 0.717) is 0 Å². The van der Waals surface area contributed by atoms with E-state index in [2.05, 4.69) is 12.1 Å². The number of halogens is 1. The van der Waals surface area contributed by atoms with Crippen molar-refractivity contribution in [3.63, 3.8) is 0 Å². The summed E-state index contributed by atoms with van der Waals surface area (Å²) >= 11 is 0. The lowest BCUT2D eigenvalue weighted by molar-refractivity contribution is 0.623. The zero-order chi connectivity index (χ0) is 5.11. The minimum absolute atomic E-state index is 0.428. The summed E-state index contributed by atoms with van der Waals surface area (Å²) in [5, 5.41) is 0. The molecule has 0 aliphatic heterocycles. The molecule has 0 nitrogen and oxygen atoms in total. The molecular formula is C6H3F. The topological polar surface area (TPSA) is 0 Å². The van der Waals surface area contributed by atoms with Gasteiger partial charge in [-0.25, -0.2) is 4.39 Å². The second-order valence-corrected chi connectivity index (χ2v) is 1.13. The maximum Gasteiger partial charge on any atom is 0.139 e. The van der Waals surface area contributed by atoms with Crippen LogP contribution in [0.25, 0.3) is 0 Å². The lowest BCUT2D eigenvalue weighted by atomic mass is 10.4. The van der Waals surface area contributed by atoms with Crippen molar-refractivity contribution < 1.29 is 4.39 Å². The lowest BCUT2D eigenvalue weighted by Crippen LogP contribution is -1.66. The molecule has 34 valence electrons. The van der Waals surface area contributed by atoms with Crippen LogP contribution in [-0.4, -0.2) is 0 Å². The maximum absolute atomic E-state index is 11.8. The highest BCUT2D eigenvalue weighted by atomic mass is 19.1. The third kappa shape index (κ3) is 1.000. The van der Waals surface area contributed by atoms with Crippen molar-refractivity contribution in [2.24, 2.45) is 0 Å². The fourth-order valence-corrected chi connectivity index (χ4v) is 0.332. The van der Waals surface area contributed by atoms with Gasteiger partial charge in [0.25, 0.3) is 0 Å². The highest BCUT2D eigenvalue weighted by molar-refractivity contribution is 4.98. The Kier molecular flexibility index (Phi) is 1.07. The van der Waals surface area contributed by atoms with Crippen LogP contribution in [-0.2, 0) is 0 Å². The van der Waals surface area contributed by atoms with Crippen molar-refractivity contribution in [3.05, 3.63) is 36.1 Å². The molecule has 0 amide bonds. The Balaban J connectivity index is 3.02. The largest absolute Gasteiger partial charge is 0.206 e. The van der Waals surface area contributed by atoms with Crippen LogP contribution in [0.3, 0.4) is 0 Å². The van der Waals surface area contributed by atoms with Gasteiger partial charge in [-0.15, -0.1) is 0 Å². The summed E-state index contributed by atoms with van der Waals surface area (Å²) in [5.74, 6) is -0.428. The van der Waals surface area contributed by atoms with Crippen molar-refractivity contribution in [2.45, 2.75) is 0 Å². The summed E-state index contributed by atoms with van der Waals surface area (Å²) in [4.78, 5) is 0. The molecule has 1 aromatic rings. The zero-order valence-electron chi connectivity index (χ0n) is 3.61. The van der Waals surface area contributed by atoms with Crippen molar-refractivity contribution >= 4 is 0 Å². The van der Waals surface area contributed by atoms with E-state index in [-0.39, 0.29) is 0 Å². The standard InChI is InChI=1S/C6H3F/c7-6-4-2-1-3-5-6/h1-3H. The predicted molar refractivity (Wildman–Crippen MR) is 24.1 cm³/mol. The molecule has 1 aromatic carbocycles. The van der Waals surface area contributed by atoms with Gasteiger partial charge in [-0.1, -0.05) is 18.2 Å². The molecule has 2 radical (unpaired) electrons. The average molecular weight is 94.1 g/mol. The van der Waals surface area contributed by atoms with Crippen molar-refractivity contribution in [3.8, 4) is 0 Å². The van der Waals surface area contributed by atoms with Crippen molar-refractivity contribution in [2.75, 3.05) is 0 Å². The summed E-state index contributed by atoms with van der Waals surface area (Å²) < 4.78 is 11.8. The Bertz CT molecular complexity index is 134. The maximum atomic E-state index is 11.8. The monoisotopic (exact) mass is 94.0 g/mol. The number of rotatable bonds is 0. The van der Waals surface area contributed by atoms with Gasteiger partial charge in [0.1, 0.15) is 5.82 Å². The first-order chi connectivity index (χ1) is 3.39. The predicted octanol–water partition coefficient (Wildman–Crippen LogP) is 1.43. The highest BCUT2D eigenvalue weighted by Gasteiger charge is 1.79. The number of benzene rings is 1. The Labute approximate surface area is 41.6 Å². The summed E-state index contributed by atoms with van der Waals surface area (Å²) in [6.07, 6.45) is 0. The van der Waals surface area contributed by atoms with E-state index in [1.54, 1.807) is 6.07 Å². The van der Waals surface area contributed by atoms with Gasteiger partial charge < -0.3 is 0 Å². The Morgan fingerprint density at radius 2 is 1.86 bits per heavy atom. The van der Waals surface area contributed by atoms with Crippen LogP contribution in [0.4, 0.5) is 4.39 Å². The van der Waals surface area contributed by atoms with Gasteiger partial charge in [-0.05, 0) is 0 Å². The van der Waals surface area contributed by atoms with Crippen LogP contribution in [0.15, 0.2) is 18.2 Å². The number of hydrogen-bond donors (Lipinski definition) is 0. The molecule has 0 aliphatic carbocycles. The first-order valence-electron chi connectivity index (χ1n) is 1.93. The smallest absolute Gasteiger partial charge is 0.139 e. The molecule has 7 heavy (non-hydrogen) atoms. The Morgan fingerprint density at radius 3 is 2.14 bits per heavy atom. The summed E-state index contributed by atoms with van der Waals surface area (Å²) in [6.45, 7) is 0. The molecule has 0 aliphatic rings. The van der Waals surface area contributed by atoms with Gasteiger partial charge in [0, 0.05) is 12.1 Å². The molecule has 0 aromatic heterocycles. The van der Waals surface area contributed by atoms with E-state index in [9.17, 15) is 4.39 Å². The Morgan fingerprint density at radius 1 is 1.29 bits per heavy atom. The van der Waals surface area contributed by atoms with Gasteiger partial charge >= 0.3 is 0 Å². The summed E-state index contributed by atoms with van der Waals surface area (Å²) in [5.41, 5.74) is 0. The second kappa shape index (κ2) is 1.73. The normalized spacial score (nSPS) is 8.71. The molecular weight excluding hydrogens is 91.1 g/mol. The zero-order valence-corrected chi connectivity index (χ0v) is 3.61. The summed E-state index contributed by atoms with van der Waals surface area (Å²) in [7, 11) is 0. The molecule has 0 heterocycles. The highest BCUT2D eigenvalue weighted by Crippen LogP contribution is 1.89. The van der Waals surface area contributed by atoms with Crippen LogP contribution in [0, 0.1) is 17.9 Å². The third-order valence-electron chi connectivity index (χ3n) is 0.613. The van der Waals surface area contributed by atoms with Crippen LogP contribution in [0.1, 0.15) is 0 Å². The molecule has 0 saturated carbocycles. The molecule has 0 bridgehead atoms. The van der Waals surface area contributed by atoms with E-state index < -0.39 is 5.82 Å². The SMILES string of the molecule is Fc1[c]ccc[c]1. The minimum atomic E-state index is -0.428. The van der Waals surface area contributed by atoms with Crippen LogP contribution >= 0.6 is 0 Å². The van der Waals surface area contributed by atoms with Gasteiger partial charge in [0.15, 0.2) is 0 Å². The average Bonchev–Trinajstić information content (AvgIpc) is 1.69. The van der Waals surface area contributed by atoms with E-state index in [1.807, 2.05) is 0 Å². The van der Waals surface area contributed by atoms with Crippen molar-refractivity contribution in [1.82, 2.24) is 0 Å². The molecule has 0 atom stereocenters. The fraction of sp³-hybridized carbons (Fsp3) is 0. The van der Waals surface area contributed by atoms with Crippen molar-refractivity contribution in [1.29, 1.82) is 0 Å². The second-order valence-electron chi connectivity index (χ2n) is 1.13. The lowest BCUT2D eigenvalue weighted by Gasteiger charge is -1.76. The first kappa shape index (κ1) is 4.31. The molecule has 0 unspecified atom stereocenters. The quantitative estimate of drug-likeness (QED) is 0.456. The number of hydrogen-bond acceptors (Lipinski definition) is 0. The van der Waals surface area contributed by atoms with Gasteiger partial charge in [0.2, 0.25) is 0 Å². The molecule has 0 spiro atoms. The van der Waals surface area contributed by atoms with E-state index in [1.165, 1.54) is 12.1 Å². The van der Waals surface area contributed by atoms with Crippen LogP contribution in [0.2, 0.25) is 0 Å². The van der Waals surface area contributed by atoms with Crippen LogP contribution < -0.4 is 0 Å². The summed E-state index contributed by atoms with van der Waals surface area (Å²) in [6, 6.07) is 9.30. The van der Waals surface area contributed by atoms with E-state index in [0.717, 1.165) is 0 Å². The van der Waals surface area contributed by atoms with E-state index >= 15 is 0 Å². The molecule has 1 heteroatoms. The Hall–Kier alpha value is -0.850. The molecule has 0 N–H and O–H groups in total. The fourth-order valence-electron chi connectivity index (χ4n) is 0.332. The van der Waals surface area contributed by atoms with Gasteiger partial charge in [-0.2, -0.15) is 0 Å². The molecule has 0 saturated heterocycles.